The number of nitrogens with zero attached hydrogens (tertiary/aromatic N) is 3. The van der Waals surface area contributed by atoms with Gasteiger partial charge in [-0.15, -0.1) is 11.3 Å². The van der Waals surface area contributed by atoms with E-state index in [1.165, 1.54) is 15.6 Å². The minimum absolute atomic E-state index is 0.0625. The molecule has 7 nitrogen and oxygen atoms in total. The number of nitrogen functional groups attached to an aromatic ring is 1. The van der Waals surface area contributed by atoms with Crippen molar-refractivity contribution < 1.29 is 12.9 Å². The van der Waals surface area contributed by atoms with Gasteiger partial charge in [-0.1, -0.05) is 5.16 Å². The maximum Gasteiger partial charge on any atom is 0.243 e. The maximum atomic E-state index is 12.8. The van der Waals surface area contributed by atoms with Crippen LogP contribution in [0.3, 0.4) is 0 Å². The average molecular weight is 469 g/mol. The molecule has 0 atom stereocenters. The predicted molar refractivity (Wildman–Crippen MR) is 107 cm³/mol. The van der Waals surface area contributed by atoms with Crippen molar-refractivity contribution in [3.8, 4) is 10.7 Å². The molecule has 1 saturated heterocycles. The summed E-state index contributed by atoms with van der Waals surface area (Å²) >= 11 is 4.96. The first-order chi connectivity index (χ1) is 12.9. The molecule has 1 aliphatic heterocycles. The molecule has 1 fully saturated rings. The van der Waals surface area contributed by atoms with Gasteiger partial charge in [-0.05, 0) is 65.2 Å². The van der Waals surface area contributed by atoms with E-state index >= 15 is 0 Å². The zero-order valence-corrected chi connectivity index (χ0v) is 17.4. The van der Waals surface area contributed by atoms with Crippen LogP contribution >= 0.6 is 27.3 Å². The number of anilines is 1. The SMILES string of the molecule is Nc1ccc(S(=O)(=O)N2CCC(c3nc(-c4ccc(Br)s4)no3)CC2)cc1. The number of halogens is 1. The third-order valence-corrected chi connectivity index (χ3v) is 8.09. The van der Waals surface area contributed by atoms with E-state index in [-0.39, 0.29) is 10.8 Å². The van der Waals surface area contributed by atoms with Crippen LogP contribution in [0.15, 0.2) is 49.6 Å². The first-order valence-electron chi connectivity index (χ1n) is 8.38. The van der Waals surface area contributed by atoms with Crippen LogP contribution in [-0.2, 0) is 10.0 Å². The highest BCUT2D eigenvalue weighted by Crippen LogP contribution is 2.33. The molecule has 3 heterocycles. The van der Waals surface area contributed by atoms with Gasteiger partial charge in [0.05, 0.1) is 13.6 Å². The van der Waals surface area contributed by atoms with Gasteiger partial charge < -0.3 is 10.3 Å². The molecule has 3 aromatic rings. The lowest BCUT2D eigenvalue weighted by molar-refractivity contribution is 0.271. The van der Waals surface area contributed by atoms with Crippen molar-refractivity contribution in [1.29, 1.82) is 0 Å². The number of thiophene rings is 1. The van der Waals surface area contributed by atoms with Crippen LogP contribution in [0, 0.1) is 0 Å². The molecule has 27 heavy (non-hydrogen) atoms. The number of aromatic nitrogens is 2. The molecule has 10 heteroatoms. The number of benzene rings is 1. The molecule has 0 amide bonds. The van der Waals surface area contributed by atoms with Gasteiger partial charge in [-0.25, -0.2) is 8.42 Å². The first-order valence-corrected chi connectivity index (χ1v) is 11.4. The monoisotopic (exact) mass is 468 g/mol. The van der Waals surface area contributed by atoms with Crippen molar-refractivity contribution in [2.75, 3.05) is 18.8 Å². The summed E-state index contributed by atoms with van der Waals surface area (Å²) in [7, 11) is -3.51. The Balaban J connectivity index is 1.44. The van der Waals surface area contributed by atoms with E-state index in [2.05, 4.69) is 26.1 Å². The Kier molecular flexibility index (Phi) is 5.06. The summed E-state index contributed by atoms with van der Waals surface area (Å²) in [5.74, 6) is 1.20. The molecule has 142 valence electrons. The molecular weight excluding hydrogens is 452 g/mol. The van der Waals surface area contributed by atoms with Crippen LogP contribution in [0.1, 0.15) is 24.7 Å². The summed E-state index contributed by atoms with van der Waals surface area (Å²) in [5, 5.41) is 4.06. The Labute approximate surface area is 169 Å². The summed E-state index contributed by atoms with van der Waals surface area (Å²) < 4.78 is 33.5. The normalized spacial score (nSPS) is 16.6. The lowest BCUT2D eigenvalue weighted by atomic mass is 9.98. The largest absolute Gasteiger partial charge is 0.399 e. The zero-order valence-electron chi connectivity index (χ0n) is 14.2. The Morgan fingerprint density at radius 3 is 2.48 bits per heavy atom. The number of piperidine rings is 1. The quantitative estimate of drug-likeness (QED) is 0.585. The fourth-order valence-electron chi connectivity index (χ4n) is 3.07. The summed E-state index contributed by atoms with van der Waals surface area (Å²) in [6.07, 6.45) is 1.29. The lowest BCUT2D eigenvalue weighted by Gasteiger charge is -2.29. The third kappa shape index (κ3) is 3.79. The van der Waals surface area contributed by atoms with Crippen LogP contribution in [-0.4, -0.2) is 36.0 Å². The summed E-state index contributed by atoms with van der Waals surface area (Å²) in [6, 6.07) is 10.2. The Morgan fingerprint density at radius 2 is 1.85 bits per heavy atom. The number of hydrogen-bond donors (Lipinski definition) is 1. The fraction of sp³-hybridized carbons (Fsp3) is 0.294. The van der Waals surface area contributed by atoms with Crippen molar-refractivity contribution in [3.63, 3.8) is 0 Å². The molecule has 0 spiro atoms. The fourth-order valence-corrected chi connectivity index (χ4v) is 5.85. The zero-order chi connectivity index (χ0) is 19.0. The van der Waals surface area contributed by atoms with Crippen molar-refractivity contribution in [1.82, 2.24) is 14.4 Å². The summed E-state index contributed by atoms with van der Waals surface area (Å²) in [6.45, 7) is 0.833. The van der Waals surface area contributed by atoms with Gasteiger partial charge in [0, 0.05) is 24.7 Å². The molecule has 0 unspecified atom stereocenters. The van der Waals surface area contributed by atoms with E-state index in [1.54, 1.807) is 24.3 Å². The molecule has 4 rings (SSSR count). The van der Waals surface area contributed by atoms with Crippen LogP contribution in [0.5, 0.6) is 0 Å². The van der Waals surface area contributed by atoms with Gasteiger partial charge in [0.15, 0.2) is 0 Å². The Morgan fingerprint density at radius 1 is 1.15 bits per heavy atom. The van der Waals surface area contributed by atoms with Gasteiger partial charge in [-0.3, -0.25) is 0 Å². The average Bonchev–Trinajstić information content (AvgIpc) is 3.31. The molecule has 0 bridgehead atoms. The van der Waals surface area contributed by atoms with Crippen molar-refractivity contribution >= 4 is 43.0 Å². The Hall–Kier alpha value is -1.75. The Bertz CT molecular complexity index is 1040. The van der Waals surface area contributed by atoms with Gasteiger partial charge >= 0.3 is 0 Å². The molecular formula is C17H17BrN4O3S2. The van der Waals surface area contributed by atoms with Crippen LogP contribution in [0.25, 0.3) is 10.7 Å². The van der Waals surface area contributed by atoms with E-state index in [0.717, 1.165) is 8.66 Å². The molecule has 0 aliphatic carbocycles. The number of sulfonamides is 1. The first kappa shape index (κ1) is 18.6. The van der Waals surface area contributed by atoms with E-state index in [4.69, 9.17) is 10.3 Å². The number of rotatable bonds is 4. The van der Waals surface area contributed by atoms with Crippen molar-refractivity contribution in [2.45, 2.75) is 23.7 Å². The molecule has 1 aliphatic rings. The number of hydrogen-bond acceptors (Lipinski definition) is 7. The highest BCUT2D eigenvalue weighted by Gasteiger charge is 2.32. The van der Waals surface area contributed by atoms with E-state index in [0.29, 0.717) is 43.3 Å². The summed E-state index contributed by atoms with van der Waals surface area (Å²) in [4.78, 5) is 5.70. The minimum atomic E-state index is -3.51. The van der Waals surface area contributed by atoms with Gasteiger partial charge in [0.25, 0.3) is 0 Å². The smallest absolute Gasteiger partial charge is 0.243 e. The highest BCUT2D eigenvalue weighted by atomic mass is 79.9. The molecule has 2 aromatic heterocycles. The third-order valence-electron chi connectivity index (χ3n) is 4.56. The second-order valence-electron chi connectivity index (χ2n) is 6.31. The predicted octanol–water partition coefficient (Wildman–Crippen LogP) is 3.71. The van der Waals surface area contributed by atoms with Gasteiger partial charge in [0.2, 0.25) is 21.7 Å². The molecule has 1 aromatic carbocycles. The highest BCUT2D eigenvalue weighted by molar-refractivity contribution is 9.11. The van der Waals surface area contributed by atoms with Crippen molar-refractivity contribution in [2.24, 2.45) is 0 Å². The topological polar surface area (TPSA) is 102 Å². The minimum Gasteiger partial charge on any atom is -0.399 e. The van der Waals surface area contributed by atoms with Crippen LogP contribution < -0.4 is 5.73 Å². The van der Waals surface area contributed by atoms with Crippen molar-refractivity contribution in [3.05, 3.63) is 46.1 Å². The van der Waals surface area contributed by atoms with Gasteiger partial charge in [-0.2, -0.15) is 9.29 Å². The second kappa shape index (κ2) is 7.34. The maximum absolute atomic E-state index is 12.8. The van der Waals surface area contributed by atoms with E-state index in [9.17, 15) is 8.42 Å². The van der Waals surface area contributed by atoms with E-state index < -0.39 is 10.0 Å². The van der Waals surface area contributed by atoms with Crippen LogP contribution in [0.2, 0.25) is 0 Å². The molecule has 0 saturated carbocycles. The van der Waals surface area contributed by atoms with E-state index in [1.807, 2.05) is 12.1 Å². The lowest BCUT2D eigenvalue weighted by Crippen LogP contribution is -2.37. The molecule has 2 N–H and O–H groups in total. The second-order valence-corrected chi connectivity index (χ2v) is 10.7. The van der Waals surface area contributed by atoms with Crippen LogP contribution in [0.4, 0.5) is 5.69 Å². The summed E-state index contributed by atoms with van der Waals surface area (Å²) in [5.41, 5.74) is 6.18. The standard InChI is InChI=1S/C17H17BrN4O3S2/c18-15-6-5-14(26-15)16-20-17(25-21-16)11-7-9-22(10-8-11)27(23,24)13-3-1-12(19)2-4-13/h1-6,11H,7-10,19H2. The number of nitrogens with two attached hydrogens (primary N) is 1. The van der Waals surface area contributed by atoms with Gasteiger partial charge in [0.1, 0.15) is 0 Å². The molecule has 0 radical (unpaired) electrons.